The molecule has 2 N–H and O–H groups in total. The maximum absolute atomic E-state index is 12.1. The number of nitrogens with zero attached hydrogens (tertiary/aromatic N) is 1. The molecule has 2 unspecified atom stereocenters. The first-order chi connectivity index (χ1) is 17.4. The van der Waals surface area contributed by atoms with E-state index in [1.807, 2.05) is 4.90 Å². The predicted molar refractivity (Wildman–Crippen MR) is 159 cm³/mol. The van der Waals surface area contributed by atoms with Crippen molar-refractivity contribution in [3.8, 4) is 0 Å². The lowest BCUT2D eigenvalue weighted by Crippen LogP contribution is -2.28. The summed E-state index contributed by atoms with van der Waals surface area (Å²) in [5.74, 6) is 10.1. The minimum Gasteiger partial charge on any atom is -0.355 e. The van der Waals surface area contributed by atoms with Gasteiger partial charge in [-0.15, -0.1) is 11.8 Å². The average molecular weight is 578 g/mol. The summed E-state index contributed by atoms with van der Waals surface area (Å²) in [6.07, 6.45) is 8.55. The van der Waals surface area contributed by atoms with E-state index in [0.29, 0.717) is 49.1 Å². The van der Waals surface area contributed by atoms with E-state index in [1.165, 1.54) is 27.3 Å². The molecule has 0 aromatic rings. The summed E-state index contributed by atoms with van der Waals surface area (Å²) >= 11 is 1.80. The normalized spacial score (nSPS) is 19.4. The van der Waals surface area contributed by atoms with Crippen molar-refractivity contribution in [1.29, 1.82) is 0 Å². The van der Waals surface area contributed by atoms with E-state index in [2.05, 4.69) is 16.5 Å². The standard InChI is InChI=1S/C25H43N3O4S4/c1-36-15-10-21(19-36)16-22(29)8-4-2-6-11-26-23(30)17-34-35-18-24(31)27-12-7-3-5-9-25(32)28-13-14-33-20-28/h21H,1-20H2,(H,26,30)(H,27,31). The van der Waals surface area contributed by atoms with Crippen molar-refractivity contribution in [2.45, 2.75) is 64.2 Å². The molecule has 0 bridgehead atoms. The molecule has 7 nitrogen and oxygen atoms in total. The fourth-order valence-electron chi connectivity index (χ4n) is 4.14. The zero-order chi connectivity index (χ0) is 26.0. The first-order valence-electron chi connectivity index (χ1n) is 13.1. The van der Waals surface area contributed by atoms with Gasteiger partial charge in [0, 0.05) is 44.6 Å². The SMILES string of the molecule is C=S1CCC(CC(=O)CCCCCNC(=O)CSSCC(=O)NCCCCCC(=O)N2CCSC2)C1. The monoisotopic (exact) mass is 577 g/mol. The van der Waals surface area contributed by atoms with Gasteiger partial charge in [0.1, 0.15) is 5.78 Å². The van der Waals surface area contributed by atoms with Crippen molar-refractivity contribution in [1.82, 2.24) is 15.5 Å². The zero-order valence-corrected chi connectivity index (χ0v) is 24.7. The predicted octanol–water partition coefficient (Wildman–Crippen LogP) is 3.93. The molecular formula is C25H43N3O4S4. The summed E-state index contributed by atoms with van der Waals surface area (Å²) in [5, 5.41) is 5.81. The van der Waals surface area contributed by atoms with Gasteiger partial charge in [0.2, 0.25) is 17.7 Å². The molecule has 2 atom stereocenters. The third kappa shape index (κ3) is 14.9. The molecule has 206 valence electrons. The minimum absolute atomic E-state index is 0.0177. The maximum Gasteiger partial charge on any atom is 0.230 e. The number of hydrogen-bond acceptors (Lipinski definition) is 7. The number of amides is 3. The molecule has 0 spiro atoms. The third-order valence-corrected chi connectivity index (χ3v) is 11.1. The Kier molecular flexibility index (Phi) is 17.0. The maximum atomic E-state index is 12.1. The highest BCUT2D eigenvalue weighted by molar-refractivity contribution is 8.77. The highest BCUT2D eigenvalue weighted by Gasteiger charge is 2.20. The van der Waals surface area contributed by atoms with E-state index in [-0.39, 0.29) is 28.2 Å². The van der Waals surface area contributed by atoms with Crippen molar-refractivity contribution >= 4 is 73.2 Å². The van der Waals surface area contributed by atoms with Crippen LogP contribution in [0.25, 0.3) is 0 Å². The van der Waals surface area contributed by atoms with E-state index in [9.17, 15) is 19.2 Å². The van der Waals surface area contributed by atoms with E-state index < -0.39 is 0 Å². The van der Waals surface area contributed by atoms with Crippen LogP contribution in [-0.2, 0) is 19.2 Å². The van der Waals surface area contributed by atoms with Crippen molar-refractivity contribution < 1.29 is 19.2 Å². The van der Waals surface area contributed by atoms with Gasteiger partial charge < -0.3 is 15.5 Å². The summed E-state index contributed by atoms with van der Waals surface area (Å²) in [6, 6.07) is 0. The number of ketones is 1. The van der Waals surface area contributed by atoms with Crippen LogP contribution < -0.4 is 10.6 Å². The number of nitrogens with one attached hydrogen (secondary N) is 2. The van der Waals surface area contributed by atoms with E-state index >= 15 is 0 Å². The summed E-state index contributed by atoms with van der Waals surface area (Å²) < 4.78 is 0. The van der Waals surface area contributed by atoms with Gasteiger partial charge in [-0.05, 0) is 49.5 Å². The lowest BCUT2D eigenvalue weighted by molar-refractivity contribution is -0.130. The molecule has 0 aromatic carbocycles. The van der Waals surface area contributed by atoms with Crippen LogP contribution in [0.2, 0.25) is 0 Å². The molecule has 11 heteroatoms. The molecule has 2 saturated heterocycles. The number of unbranched alkanes of at least 4 members (excludes halogenated alkanes) is 4. The van der Waals surface area contributed by atoms with Crippen LogP contribution >= 0.6 is 43.8 Å². The minimum atomic E-state index is -0.0212. The molecule has 0 aromatic heterocycles. The van der Waals surface area contributed by atoms with Crippen LogP contribution in [0.5, 0.6) is 0 Å². The summed E-state index contributed by atoms with van der Waals surface area (Å²) in [4.78, 5) is 49.8. The Morgan fingerprint density at radius 1 is 0.917 bits per heavy atom. The summed E-state index contributed by atoms with van der Waals surface area (Å²) in [5.41, 5.74) is 0. The topological polar surface area (TPSA) is 95.6 Å². The molecule has 0 aliphatic carbocycles. The molecule has 2 heterocycles. The highest BCUT2D eigenvalue weighted by Crippen LogP contribution is 2.31. The second-order valence-corrected chi connectivity index (χ2v) is 14.9. The van der Waals surface area contributed by atoms with Gasteiger partial charge in [-0.25, -0.2) is 0 Å². The average Bonchev–Trinajstić information content (AvgIpc) is 3.53. The molecule has 2 aliphatic rings. The number of carbonyl (C=O) groups excluding carboxylic acids is 4. The Labute approximate surface area is 231 Å². The highest BCUT2D eigenvalue weighted by atomic mass is 33.1. The van der Waals surface area contributed by atoms with Crippen LogP contribution in [0.4, 0.5) is 0 Å². The first-order valence-corrected chi connectivity index (χ1v) is 18.4. The Bertz CT molecular complexity index is 732. The Balaban J connectivity index is 1.32. The van der Waals surface area contributed by atoms with Crippen LogP contribution in [0.15, 0.2) is 0 Å². The molecule has 3 amide bonds. The van der Waals surface area contributed by atoms with Gasteiger partial charge in [-0.2, -0.15) is 10.5 Å². The van der Waals surface area contributed by atoms with Crippen molar-refractivity contribution in [2.75, 3.05) is 54.3 Å². The van der Waals surface area contributed by atoms with Gasteiger partial charge in [-0.1, -0.05) is 40.3 Å². The molecule has 2 aliphatic heterocycles. The Morgan fingerprint density at radius 3 is 2.11 bits per heavy atom. The summed E-state index contributed by atoms with van der Waals surface area (Å²) in [7, 11) is 3.06. The largest absolute Gasteiger partial charge is 0.355 e. The lowest BCUT2D eigenvalue weighted by Gasteiger charge is -2.13. The molecular weight excluding hydrogens is 535 g/mol. The smallest absolute Gasteiger partial charge is 0.230 e. The quantitative estimate of drug-likeness (QED) is 0.136. The number of hydrogen-bond donors (Lipinski definition) is 2. The number of thioether (sulfide) groups is 1. The second kappa shape index (κ2) is 19.4. The second-order valence-electron chi connectivity index (χ2n) is 9.42. The van der Waals surface area contributed by atoms with E-state index in [0.717, 1.165) is 75.3 Å². The Hall–Kier alpha value is -0.650. The number of rotatable bonds is 19. The molecule has 2 rings (SSSR count). The third-order valence-electron chi connectivity index (χ3n) is 6.22. The van der Waals surface area contributed by atoms with E-state index in [1.54, 1.807) is 11.8 Å². The van der Waals surface area contributed by atoms with Crippen molar-refractivity contribution in [3.63, 3.8) is 0 Å². The fourth-order valence-corrected chi connectivity index (χ4v) is 8.62. The number of carbonyl (C=O) groups is 4. The van der Waals surface area contributed by atoms with Crippen molar-refractivity contribution in [3.05, 3.63) is 0 Å². The summed E-state index contributed by atoms with van der Waals surface area (Å²) in [6.45, 7) is 2.13. The van der Waals surface area contributed by atoms with Crippen molar-refractivity contribution in [2.24, 2.45) is 5.92 Å². The molecule has 0 radical (unpaired) electrons. The first kappa shape index (κ1) is 31.6. The van der Waals surface area contributed by atoms with Gasteiger partial charge >= 0.3 is 0 Å². The van der Waals surface area contributed by atoms with Crippen LogP contribution in [-0.4, -0.2) is 88.6 Å². The van der Waals surface area contributed by atoms with Gasteiger partial charge in [0.05, 0.1) is 17.4 Å². The Morgan fingerprint density at radius 2 is 1.56 bits per heavy atom. The van der Waals surface area contributed by atoms with Crippen LogP contribution in [0, 0.1) is 5.92 Å². The fraction of sp³-hybridized carbons (Fsp3) is 0.800. The van der Waals surface area contributed by atoms with Gasteiger partial charge in [0.15, 0.2) is 0 Å². The van der Waals surface area contributed by atoms with Gasteiger partial charge in [0.25, 0.3) is 0 Å². The zero-order valence-electron chi connectivity index (χ0n) is 21.4. The van der Waals surface area contributed by atoms with E-state index in [4.69, 9.17) is 0 Å². The lowest BCUT2D eigenvalue weighted by atomic mass is 9.99. The van der Waals surface area contributed by atoms with Crippen LogP contribution in [0.3, 0.4) is 0 Å². The van der Waals surface area contributed by atoms with Crippen LogP contribution in [0.1, 0.15) is 64.2 Å². The molecule has 0 saturated carbocycles. The molecule has 36 heavy (non-hydrogen) atoms. The van der Waals surface area contributed by atoms with Gasteiger partial charge in [-0.3, -0.25) is 19.2 Å². The number of Topliss-reactive ketones (excluding diaryl/α,β-unsaturated/α-hetero) is 1. The molecule has 2 fully saturated rings.